The van der Waals surface area contributed by atoms with Crippen LogP contribution < -0.4 is 11.1 Å². The number of methoxy groups -OCH3 is 1. The molecule has 3 atom stereocenters. The van der Waals surface area contributed by atoms with E-state index in [1.165, 1.54) is 7.11 Å². The third-order valence-corrected chi connectivity index (χ3v) is 7.43. The van der Waals surface area contributed by atoms with E-state index in [4.69, 9.17) is 19.9 Å². The summed E-state index contributed by atoms with van der Waals surface area (Å²) in [4.78, 5) is 32.2. The summed E-state index contributed by atoms with van der Waals surface area (Å²) in [7, 11) is 1.44. The molecule has 4 N–H and O–H groups in total. The van der Waals surface area contributed by atoms with Crippen LogP contribution in [0.1, 0.15) is 64.4 Å². The van der Waals surface area contributed by atoms with Gasteiger partial charge in [0, 0.05) is 31.8 Å². The van der Waals surface area contributed by atoms with E-state index < -0.39 is 66.2 Å². The second-order valence-corrected chi connectivity index (χ2v) is 11.8. The summed E-state index contributed by atoms with van der Waals surface area (Å²) < 4.78 is 83.2. The molecule has 0 bridgehead atoms. The summed E-state index contributed by atoms with van der Waals surface area (Å²) in [6, 6.07) is 4.34. The van der Waals surface area contributed by atoms with Gasteiger partial charge in [-0.25, -0.2) is 31.7 Å². The predicted molar refractivity (Wildman–Crippen MR) is 139 cm³/mol. The van der Waals surface area contributed by atoms with Gasteiger partial charge in [0.1, 0.15) is 6.67 Å². The van der Waals surface area contributed by atoms with E-state index in [0.717, 1.165) is 6.92 Å². The lowest BCUT2D eigenvalue weighted by atomic mass is 9.76. The van der Waals surface area contributed by atoms with Crippen LogP contribution in [0.2, 0.25) is 0 Å². The number of hydrogen-bond acceptors (Lipinski definition) is 6. The smallest absolute Gasteiger partial charge is 0.405 e. The molecule has 1 saturated carbocycles. The highest BCUT2D eigenvalue weighted by atomic mass is 19.3. The predicted octanol–water partition coefficient (Wildman–Crippen LogP) is 5.15. The molecular formula is C27H37F5N4O5. The molecule has 41 heavy (non-hydrogen) atoms. The largest absolute Gasteiger partial charge is 0.432 e. The molecule has 2 unspecified atom stereocenters. The molecule has 9 nitrogen and oxygen atoms in total. The van der Waals surface area contributed by atoms with Crippen LogP contribution in [-0.4, -0.2) is 66.9 Å². The van der Waals surface area contributed by atoms with Crippen molar-refractivity contribution < 1.29 is 45.8 Å². The number of aromatic amines is 1. The molecule has 2 aromatic rings. The van der Waals surface area contributed by atoms with Gasteiger partial charge in [-0.3, -0.25) is 4.79 Å². The van der Waals surface area contributed by atoms with Gasteiger partial charge in [0.05, 0.1) is 30.3 Å². The Hall–Kier alpha value is -3.00. The van der Waals surface area contributed by atoms with Crippen LogP contribution in [0.5, 0.6) is 0 Å². The zero-order valence-corrected chi connectivity index (χ0v) is 23.7. The molecule has 1 aromatic carbocycles. The van der Waals surface area contributed by atoms with Gasteiger partial charge in [-0.1, -0.05) is 26.8 Å². The standard InChI is InChI=1S/C27H37F5N4O5/c1-24(2,3)27(41-23(33)38,14-40-25(4,13-28)21(29)30)22-35-17-7-6-16(9-18(17)36-22)19(12-39-5)34-20(37)8-15-10-26(31,32)11-15/h6-7,9,15,19,21H,8,10-14H2,1-5H3,(H2,33,38)(H,34,37)(H,35,36)/t19?,25?,27-/m0/s1. The summed E-state index contributed by atoms with van der Waals surface area (Å²) in [6.07, 6.45) is -5.10. The molecule has 1 aliphatic carbocycles. The van der Waals surface area contributed by atoms with Gasteiger partial charge in [-0.15, -0.1) is 0 Å². The maximum Gasteiger partial charge on any atom is 0.405 e. The van der Waals surface area contributed by atoms with Crippen LogP contribution in [0.25, 0.3) is 11.0 Å². The second kappa shape index (κ2) is 12.1. The number of ether oxygens (including phenoxy) is 3. The Morgan fingerprint density at radius 2 is 1.88 bits per heavy atom. The summed E-state index contributed by atoms with van der Waals surface area (Å²) in [5.41, 5.74) is 1.42. The minimum absolute atomic E-state index is 0.0182. The molecule has 1 aromatic heterocycles. The Kier molecular flexibility index (Phi) is 9.58. The number of halogens is 5. The number of rotatable bonds is 13. The number of primary amides is 1. The number of fused-ring (bicyclic) bond motifs is 1. The van der Waals surface area contributed by atoms with Crippen molar-refractivity contribution in [3.63, 3.8) is 0 Å². The lowest BCUT2D eigenvalue weighted by Gasteiger charge is -2.43. The third-order valence-electron chi connectivity index (χ3n) is 7.43. The molecule has 1 aliphatic rings. The van der Waals surface area contributed by atoms with Crippen LogP contribution in [0.3, 0.4) is 0 Å². The van der Waals surface area contributed by atoms with Gasteiger partial charge in [0.2, 0.25) is 11.8 Å². The van der Waals surface area contributed by atoms with Crippen molar-refractivity contribution in [3.8, 4) is 0 Å². The average Bonchev–Trinajstić information content (AvgIpc) is 3.27. The Morgan fingerprint density at radius 1 is 1.22 bits per heavy atom. The van der Waals surface area contributed by atoms with Crippen molar-refractivity contribution in [2.75, 3.05) is 27.0 Å². The van der Waals surface area contributed by atoms with Crippen molar-refractivity contribution in [1.29, 1.82) is 0 Å². The van der Waals surface area contributed by atoms with Crippen molar-refractivity contribution >= 4 is 23.0 Å². The number of hydrogen-bond donors (Lipinski definition) is 3. The first kappa shape index (κ1) is 32.5. The number of carbonyl (C=O) groups is 2. The zero-order chi connectivity index (χ0) is 30.8. The maximum absolute atomic E-state index is 13.6. The van der Waals surface area contributed by atoms with Gasteiger partial charge in [-0.05, 0) is 30.5 Å². The number of carbonyl (C=O) groups excluding carboxylic acids is 2. The second-order valence-electron chi connectivity index (χ2n) is 11.8. The zero-order valence-electron chi connectivity index (χ0n) is 23.7. The maximum atomic E-state index is 13.6. The number of nitrogens with zero attached hydrogens (tertiary/aromatic N) is 1. The van der Waals surface area contributed by atoms with E-state index >= 15 is 0 Å². The molecule has 230 valence electrons. The number of benzene rings is 1. The van der Waals surface area contributed by atoms with Gasteiger partial charge in [-0.2, -0.15) is 0 Å². The quantitative estimate of drug-likeness (QED) is 0.276. The number of alkyl halides is 5. The first-order chi connectivity index (χ1) is 18.9. The molecule has 1 fully saturated rings. The van der Waals surface area contributed by atoms with Crippen LogP contribution in [-0.2, 0) is 24.6 Å². The van der Waals surface area contributed by atoms with Gasteiger partial charge >= 0.3 is 6.09 Å². The molecule has 0 aliphatic heterocycles. The minimum Gasteiger partial charge on any atom is -0.432 e. The Labute approximate surface area is 234 Å². The molecule has 2 amide bonds. The molecule has 0 saturated heterocycles. The van der Waals surface area contributed by atoms with Crippen LogP contribution in [0, 0.1) is 11.3 Å². The van der Waals surface area contributed by atoms with Crippen LogP contribution >= 0.6 is 0 Å². The molecule has 3 rings (SSSR count). The van der Waals surface area contributed by atoms with Crippen LogP contribution in [0.4, 0.5) is 26.7 Å². The van der Waals surface area contributed by atoms with E-state index in [0.29, 0.717) is 16.6 Å². The number of nitrogens with one attached hydrogen (secondary N) is 2. The van der Waals surface area contributed by atoms with E-state index in [1.54, 1.807) is 39.0 Å². The lowest BCUT2D eigenvalue weighted by molar-refractivity contribution is -0.200. The molecule has 0 spiro atoms. The normalized spacial score (nSPS) is 19.3. The van der Waals surface area contributed by atoms with Crippen molar-refractivity contribution in [2.24, 2.45) is 17.1 Å². The van der Waals surface area contributed by atoms with E-state index in [1.807, 2.05) is 0 Å². The highest BCUT2D eigenvalue weighted by Gasteiger charge is 2.52. The summed E-state index contributed by atoms with van der Waals surface area (Å²) >= 11 is 0. The molecule has 1 heterocycles. The lowest BCUT2D eigenvalue weighted by Crippen LogP contribution is -2.53. The fourth-order valence-corrected chi connectivity index (χ4v) is 4.73. The summed E-state index contributed by atoms with van der Waals surface area (Å²) in [5, 5.41) is 2.81. The molecule has 0 radical (unpaired) electrons. The van der Waals surface area contributed by atoms with E-state index in [-0.39, 0.29) is 31.7 Å². The average molecular weight is 593 g/mol. The first-order valence-corrected chi connectivity index (χ1v) is 13.1. The van der Waals surface area contributed by atoms with Crippen molar-refractivity contribution in [3.05, 3.63) is 29.6 Å². The Bertz CT molecular complexity index is 1230. The van der Waals surface area contributed by atoms with E-state index in [2.05, 4.69) is 15.3 Å². The highest BCUT2D eigenvalue weighted by Crippen LogP contribution is 2.45. The third kappa shape index (κ3) is 7.26. The minimum atomic E-state index is -3.18. The van der Waals surface area contributed by atoms with Crippen LogP contribution in [0.15, 0.2) is 18.2 Å². The summed E-state index contributed by atoms with van der Waals surface area (Å²) in [5.74, 6) is -3.50. The highest BCUT2D eigenvalue weighted by molar-refractivity contribution is 5.79. The van der Waals surface area contributed by atoms with Gasteiger partial charge in [0.15, 0.2) is 17.0 Å². The Balaban J connectivity index is 1.95. The van der Waals surface area contributed by atoms with Gasteiger partial charge in [0.25, 0.3) is 6.43 Å². The molecular weight excluding hydrogens is 555 g/mol. The van der Waals surface area contributed by atoms with E-state index in [9.17, 15) is 31.5 Å². The van der Waals surface area contributed by atoms with Gasteiger partial charge < -0.3 is 30.2 Å². The van der Waals surface area contributed by atoms with Crippen molar-refractivity contribution in [2.45, 2.75) is 76.5 Å². The number of nitrogens with two attached hydrogens (primary N) is 1. The van der Waals surface area contributed by atoms with Crippen molar-refractivity contribution in [1.82, 2.24) is 15.3 Å². The monoisotopic (exact) mass is 592 g/mol. The summed E-state index contributed by atoms with van der Waals surface area (Å²) in [6.45, 7) is 3.73. The number of imidazole rings is 1. The topological polar surface area (TPSA) is 129 Å². The number of H-pyrrole nitrogens is 1. The molecule has 14 heteroatoms. The SMILES string of the molecule is COCC(NC(=O)CC1CC(F)(F)C1)c1ccc2[nH]c([C@](COC(C)(CF)C(F)F)(OC(N)=O)C(C)(C)C)nc2c1. The first-order valence-electron chi connectivity index (χ1n) is 13.1. The number of amides is 2. The number of aromatic nitrogens is 2. The fourth-order valence-electron chi connectivity index (χ4n) is 4.73. The fraction of sp³-hybridized carbons (Fsp3) is 0.667. The Morgan fingerprint density at radius 3 is 2.39 bits per heavy atom.